The van der Waals surface area contributed by atoms with Crippen molar-refractivity contribution in [3.05, 3.63) is 57.2 Å². The van der Waals surface area contributed by atoms with Gasteiger partial charge in [0.25, 0.3) is 0 Å². The Labute approximate surface area is 130 Å². The first-order valence-electron chi connectivity index (χ1n) is 6.41. The predicted molar refractivity (Wildman–Crippen MR) is 86.3 cm³/mol. The number of esters is 1. The summed E-state index contributed by atoms with van der Waals surface area (Å²) in [5, 5.41) is 6.57. The second kappa shape index (κ2) is 5.79. The highest BCUT2D eigenvalue weighted by Gasteiger charge is 2.15. The molecule has 0 saturated heterocycles. The van der Waals surface area contributed by atoms with Gasteiger partial charge in [-0.2, -0.15) is 11.3 Å². The van der Waals surface area contributed by atoms with Crippen molar-refractivity contribution in [2.24, 2.45) is 0 Å². The number of ether oxygens (including phenoxy) is 1. The third-order valence-corrected chi connectivity index (χ3v) is 4.59. The first-order valence-corrected chi connectivity index (χ1v) is 8.23. The van der Waals surface area contributed by atoms with Crippen LogP contribution in [0.25, 0.3) is 10.6 Å². The molecule has 0 N–H and O–H groups in total. The number of carbonyl (C=O) groups excluding carboxylic acids is 1. The van der Waals surface area contributed by atoms with Crippen LogP contribution in [0.2, 0.25) is 0 Å². The summed E-state index contributed by atoms with van der Waals surface area (Å²) in [5.41, 5.74) is 3.47. The van der Waals surface area contributed by atoms with Crippen molar-refractivity contribution >= 4 is 28.6 Å². The molecule has 3 aromatic rings. The molecule has 0 aliphatic rings. The van der Waals surface area contributed by atoms with Crippen molar-refractivity contribution in [3.8, 4) is 16.3 Å². The molecule has 0 aliphatic carbocycles. The van der Waals surface area contributed by atoms with Gasteiger partial charge in [-0.05, 0) is 36.9 Å². The normalized spacial score (nSPS) is 10.6. The number of carbonyl (C=O) groups is 1. The summed E-state index contributed by atoms with van der Waals surface area (Å²) in [6.07, 6.45) is 0. The quantitative estimate of drug-likeness (QED) is 0.519. The summed E-state index contributed by atoms with van der Waals surface area (Å²) >= 11 is 3.06. The number of thiazole rings is 1. The van der Waals surface area contributed by atoms with Crippen LogP contribution < -0.4 is 4.74 Å². The van der Waals surface area contributed by atoms with E-state index < -0.39 is 5.97 Å². The van der Waals surface area contributed by atoms with E-state index in [1.54, 1.807) is 16.7 Å². The summed E-state index contributed by atoms with van der Waals surface area (Å²) in [5.74, 6) is 0.162. The van der Waals surface area contributed by atoms with Crippen LogP contribution in [0.5, 0.6) is 5.75 Å². The van der Waals surface area contributed by atoms with Gasteiger partial charge in [0.15, 0.2) is 5.69 Å². The summed E-state index contributed by atoms with van der Waals surface area (Å²) in [6, 6.07) is 7.71. The van der Waals surface area contributed by atoms with E-state index in [2.05, 4.69) is 4.98 Å². The molecule has 5 heteroatoms. The highest BCUT2D eigenvalue weighted by Crippen LogP contribution is 2.26. The Morgan fingerprint density at radius 2 is 2.05 bits per heavy atom. The summed E-state index contributed by atoms with van der Waals surface area (Å²) in [6.45, 7) is 3.93. The molecule has 21 heavy (non-hydrogen) atoms. The monoisotopic (exact) mass is 315 g/mol. The number of aryl methyl sites for hydroxylation is 2. The molecule has 1 aromatic carbocycles. The molecule has 106 valence electrons. The predicted octanol–water partition coefficient (Wildman–Crippen LogP) is 4.71. The lowest BCUT2D eigenvalue weighted by Gasteiger charge is -2.06. The second-order valence-electron chi connectivity index (χ2n) is 4.71. The molecular weight excluding hydrogens is 302 g/mol. The number of hydrogen-bond donors (Lipinski definition) is 0. The van der Waals surface area contributed by atoms with Gasteiger partial charge in [-0.15, -0.1) is 11.3 Å². The highest BCUT2D eigenvalue weighted by molar-refractivity contribution is 7.14. The first-order chi connectivity index (χ1) is 10.1. The molecule has 3 rings (SSSR count). The van der Waals surface area contributed by atoms with Gasteiger partial charge in [-0.1, -0.05) is 17.7 Å². The van der Waals surface area contributed by atoms with Crippen molar-refractivity contribution < 1.29 is 9.53 Å². The van der Waals surface area contributed by atoms with Gasteiger partial charge in [0.05, 0.1) is 0 Å². The molecule has 0 saturated carbocycles. The van der Waals surface area contributed by atoms with Gasteiger partial charge >= 0.3 is 5.97 Å². The van der Waals surface area contributed by atoms with Gasteiger partial charge < -0.3 is 4.74 Å². The van der Waals surface area contributed by atoms with Gasteiger partial charge in [0, 0.05) is 16.3 Å². The smallest absolute Gasteiger partial charge is 0.363 e. The van der Waals surface area contributed by atoms with Crippen LogP contribution in [0.1, 0.15) is 21.6 Å². The third-order valence-electron chi connectivity index (χ3n) is 3.01. The minimum Gasteiger partial charge on any atom is -0.422 e. The fourth-order valence-corrected chi connectivity index (χ4v) is 3.45. The Morgan fingerprint density at radius 3 is 2.76 bits per heavy atom. The van der Waals surface area contributed by atoms with E-state index in [0.29, 0.717) is 11.4 Å². The average molecular weight is 315 g/mol. The van der Waals surface area contributed by atoms with Crippen molar-refractivity contribution in [1.82, 2.24) is 4.98 Å². The maximum Gasteiger partial charge on any atom is 0.363 e. The highest BCUT2D eigenvalue weighted by atomic mass is 32.1. The minimum absolute atomic E-state index is 0.348. The van der Waals surface area contributed by atoms with Crippen LogP contribution in [-0.4, -0.2) is 11.0 Å². The molecular formula is C16H13NO2S2. The van der Waals surface area contributed by atoms with Gasteiger partial charge in [0.2, 0.25) is 0 Å². The molecule has 0 radical (unpaired) electrons. The van der Waals surface area contributed by atoms with Crippen molar-refractivity contribution in [2.75, 3.05) is 0 Å². The Balaban J connectivity index is 1.79. The van der Waals surface area contributed by atoms with E-state index in [1.807, 2.05) is 48.9 Å². The zero-order valence-electron chi connectivity index (χ0n) is 11.6. The molecule has 0 unspecified atom stereocenters. The lowest BCUT2D eigenvalue weighted by Crippen LogP contribution is -2.09. The van der Waals surface area contributed by atoms with Crippen LogP contribution in [0, 0.1) is 13.8 Å². The van der Waals surface area contributed by atoms with Crippen LogP contribution in [0.4, 0.5) is 0 Å². The zero-order chi connectivity index (χ0) is 14.8. The fraction of sp³-hybridized carbons (Fsp3) is 0.125. The Hall–Kier alpha value is -1.98. The summed E-state index contributed by atoms with van der Waals surface area (Å²) < 4.78 is 5.42. The molecule has 0 spiro atoms. The molecule has 2 aromatic heterocycles. The second-order valence-corrected chi connectivity index (χ2v) is 6.35. The van der Waals surface area contributed by atoms with Crippen molar-refractivity contribution in [3.63, 3.8) is 0 Å². The minimum atomic E-state index is -0.417. The van der Waals surface area contributed by atoms with E-state index >= 15 is 0 Å². The Morgan fingerprint density at radius 1 is 1.19 bits per heavy atom. The van der Waals surface area contributed by atoms with Crippen LogP contribution in [-0.2, 0) is 0 Å². The van der Waals surface area contributed by atoms with E-state index in [-0.39, 0.29) is 0 Å². The van der Waals surface area contributed by atoms with Crippen LogP contribution >= 0.6 is 22.7 Å². The van der Waals surface area contributed by atoms with Gasteiger partial charge in [-0.3, -0.25) is 0 Å². The number of thiophene rings is 1. The van der Waals surface area contributed by atoms with Gasteiger partial charge in [0.1, 0.15) is 10.8 Å². The number of rotatable bonds is 3. The third kappa shape index (κ3) is 3.04. The van der Waals surface area contributed by atoms with E-state index in [1.165, 1.54) is 11.3 Å². The molecule has 0 amide bonds. The van der Waals surface area contributed by atoms with E-state index in [0.717, 1.165) is 21.7 Å². The standard InChI is InChI=1S/C16H13NO2S2/c1-10-3-4-14(11(2)7-10)19-16(18)13-9-21-15(17-13)12-5-6-20-8-12/h3-9H,1-2H3. The van der Waals surface area contributed by atoms with Crippen LogP contribution in [0.3, 0.4) is 0 Å². The number of aromatic nitrogens is 1. The largest absolute Gasteiger partial charge is 0.422 e. The van der Waals surface area contributed by atoms with E-state index in [4.69, 9.17) is 4.74 Å². The fourth-order valence-electron chi connectivity index (χ4n) is 1.95. The molecule has 0 atom stereocenters. The average Bonchev–Trinajstić information content (AvgIpc) is 3.10. The summed E-state index contributed by atoms with van der Waals surface area (Å²) in [4.78, 5) is 16.5. The first kappa shape index (κ1) is 14.0. The molecule has 3 nitrogen and oxygen atoms in total. The van der Waals surface area contributed by atoms with Crippen molar-refractivity contribution in [1.29, 1.82) is 0 Å². The molecule has 0 bridgehead atoms. The molecule has 2 heterocycles. The number of benzene rings is 1. The lowest BCUT2D eigenvalue weighted by molar-refractivity contribution is 0.0728. The van der Waals surface area contributed by atoms with Crippen LogP contribution in [0.15, 0.2) is 40.4 Å². The number of nitrogens with zero attached hydrogens (tertiary/aromatic N) is 1. The molecule has 0 fully saturated rings. The Bertz CT molecular complexity index is 775. The van der Waals surface area contributed by atoms with Crippen molar-refractivity contribution in [2.45, 2.75) is 13.8 Å². The zero-order valence-corrected chi connectivity index (χ0v) is 13.3. The lowest BCUT2D eigenvalue weighted by atomic mass is 10.1. The maximum atomic E-state index is 12.2. The topological polar surface area (TPSA) is 39.2 Å². The molecule has 0 aliphatic heterocycles. The number of hydrogen-bond acceptors (Lipinski definition) is 5. The Kier molecular flexibility index (Phi) is 3.86. The van der Waals surface area contributed by atoms with E-state index in [9.17, 15) is 4.79 Å². The maximum absolute atomic E-state index is 12.2. The van der Waals surface area contributed by atoms with Gasteiger partial charge in [-0.25, -0.2) is 9.78 Å². The SMILES string of the molecule is Cc1ccc(OC(=O)c2csc(-c3ccsc3)n2)c(C)c1. The summed E-state index contributed by atoms with van der Waals surface area (Å²) in [7, 11) is 0.